The van der Waals surface area contributed by atoms with E-state index >= 15 is 0 Å². The van der Waals surface area contributed by atoms with Crippen LogP contribution in [0.25, 0.3) is 0 Å². The Hall–Kier alpha value is 1.22. The quantitative estimate of drug-likeness (QED) is 0.569. The Morgan fingerprint density at radius 2 is 0.950 bits per heavy atom. The minimum atomic E-state index is -2.18. The molecular weight excluding hydrogens is 465 g/mol. The predicted octanol–water partition coefficient (Wildman–Crippen LogP) is 5.11. The lowest BCUT2D eigenvalue weighted by Crippen LogP contribution is -2.20. The molecule has 114 valence electrons. The molecule has 0 amide bonds. The van der Waals surface area contributed by atoms with Crippen LogP contribution >= 0.6 is 104 Å². The molecule has 0 aromatic carbocycles. The van der Waals surface area contributed by atoms with Crippen molar-refractivity contribution in [3.05, 3.63) is 5.82 Å². The van der Waals surface area contributed by atoms with Gasteiger partial charge in [0.2, 0.25) is 3.79 Å². The minimum absolute atomic E-state index is 0.397. The van der Waals surface area contributed by atoms with Gasteiger partial charge in [-0.05, 0) is 69.6 Å². The zero-order valence-corrected chi connectivity index (χ0v) is 15.4. The molecule has 0 aliphatic heterocycles. The summed E-state index contributed by atoms with van der Waals surface area (Å²) in [5.74, 6) is -0.397. The number of hydrogen-bond acceptors (Lipinski definition) is 5. The van der Waals surface area contributed by atoms with E-state index < -0.39 is 29.6 Å². The summed E-state index contributed by atoms with van der Waals surface area (Å²) in [6.07, 6.45) is 0. The van der Waals surface area contributed by atoms with Gasteiger partial charge in [-0.3, -0.25) is 0 Å². The van der Waals surface area contributed by atoms with Gasteiger partial charge in [-0.25, -0.2) is 0 Å². The molecule has 14 heteroatoms. The number of nitrogens with zero attached hydrogens (tertiary/aromatic N) is 3. The largest absolute Gasteiger partial charge is 0.412 e. The number of alkyl halides is 9. The van der Waals surface area contributed by atoms with Crippen LogP contribution in [0, 0.1) is 0 Å². The molecule has 0 fully saturated rings. The molecule has 1 aromatic rings. The van der Waals surface area contributed by atoms with Crippen molar-refractivity contribution in [2.24, 2.45) is 0 Å². The molecule has 0 unspecified atom stereocenters. The van der Waals surface area contributed by atoms with Gasteiger partial charge < -0.3 is 9.47 Å². The second-order valence-corrected chi connectivity index (χ2v) is 9.45. The second kappa shape index (κ2) is 6.77. The molecule has 1 heterocycles. The van der Waals surface area contributed by atoms with Gasteiger partial charge in [-0.2, -0.15) is 9.97 Å². The number of rotatable bonds is 2. The maximum absolute atomic E-state index is 5.61. The number of aromatic nitrogens is 3. The van der Waals surface area contributed by atoms with Gasteiger partial charge in [-0.15, -0.1) is 4.98 Å². The molecular formula is C6Cl9N3O2. The SMILES string of the molecule is ClC(Cl)(Cl)Oc1nc(OC(Cl)(Cl)Cl)nc(C(Cl)(Cl)Cl)n1. The molecule has 1 rings (SSSR count). The Kier molecular flexibility index (Phi) is 6.52. The molecule has 0 bridgehead atoms. The summed E-state index contributed by atoms with van der Waals surface area (Å²) in [7, 11) is 0. The third kappa shape index (κ3) is 7.47. The molecule has 0 saturated carbocycles. The monoisotopic (exact) mass is 461 g/mol. The van der Waals surface area contributed by atoms with Crippen molar-refractivity contribution in [3.8, 4) is 12.0 Å². The summed E-state index contributed by atoms with van der Waals surface area (Å²) < 4.78 is 3.09. The molecule has 0 N–H and O–H groups in total. The van der Waals surface area contributed by atoms with Crippen LogP contribution in [0.15, 0.2) is 0 Å². The second-order valence-electron chi connectivity index (χ2n) is 2.82. The molecule has 1 aromatic heterocycles. The van der Waals surface area contributed by atoms with E-state index in [1.165, 1.54) is 0 Å². The number of ether oxygens (including phenoxy) is 2. The van der Waals surface area contributed by atoms with E-state index in [-0.39, 0.29) is 0 Å². The fraction of sp³-hybridized carbons (Fsp3) is 0.500. The van der Waals surface area contributed by atoms with Crippen LogP contribution in [-0.2, 0) is 3.79 Å². The molecule has 0 radical (unpaired) electrons. The van der Waals surface area contributed by atoms with Crippen molar-refractivity contribution >= 4 is 104 Å². The predicted molar refractivity (Wildman–Crippen MR) is 80.9 cm³/mol. The van der Waals surface area contributed by atoms with E-state index in [0.717, 1.165) is 0 Å². The normalized spacial score (nSPS) is 13.2. The topological polar surface area (TPSA) is 57.1 Å². The molecule has 0 aliphatic rings. The van der Waals surface area contributed by atoms with E-state index in [1.807, 2.05) is 0 Å². The van der Waals surface area contributed by atoms with Crippen molar-refractivity contribution in [2.75, 3.05) is 0 Å². The van der Waals surface area contributed by atoms with Crippen LogP contribution in [0.2, 0.25) is 0 Å². The van der Waals surface area contributed by atoms with Gasteiger partial charge >= 0.3 is 20.0 Å². The zero-order chi connectivity index (χ0) is 15.8. The van der Waals surface area contributed by atoms with Gasteiger partial charge in [0.15, 0.2) is 5.82 Å². The van der Waals surface area contributed by atoms with Crippen LogP contribution in [0.3, 0.4) is 0 Å². The molecule has 0 saturated heterocycles. The summed E-state index contributed by atoms with van der Waals surface area (Å²) in [5.41, 5.74) is 0. The zero-order valence-electron chi connectivity index (χ0n) is 8.56. The Morgan fingerprint density at radius 3 is 1.20 bits per heavy atom. The average molecular weight is 465 g/mol. The van der Waals surface area contributed by atoms with E-state index in [4.69, 9.17) is 114 Å². The third-order valence-corrected chi connectivity index (χ3v) is 2.23. The van der Waals surface area contributed by atoms with Crippen molar-refractivity contribution < 1.29 is 9.47 Å². The van der Waals surface area contributed by atoms with Gasteiger partial charge in [0.1, 0.15) is 0 Å². The minimum Gasteiger partial charge on any atom is -0.412 e. The Morgan fingerprint density at radius 1 is 0.600 bits per heavy atom. The Labute approximate surface area is 157 Å². The summed E-state index contributed by atoms with van der Waals surface area (Å²) >= 11 is 49.3. The summed E-state index contributed by atoms with van der Waals surface area (Å²) in [6, 6.07) is -1.05. The first-order valence-electron chi connectivity index (χ1n) is 4.11. The van der Waals surface area contributed by atoms with E-state index in [2.05, 4.69) is 15.0 Å². The highest BCUT2D eigenvalue weighted by Gasteiger charge is 2.33. The maximum atomic E-state index is 5.61. The Bertz CT molecular complexity index is 446. The summed E-state index contributed by atoms with van der Waals surface area (Å²) in [5, 5.41) is 0. The van der Waals surface area contributed by atoms with Crippen LogP contribution in [0.1, 0.15) is 5.82 Å². The lowest BCUT2D eigenvalue weighted by atomic mass is 10.7. The standard InChI is InChI=1S/C6Cl9N3O2/c7-4(8,9)1-16-2(19-5(10,11)12)18-3(17-1)20-6(13,14)15. The van der Waals surface area contributed by atoms with Crippen molar-refractivity contribution in [3.63, 3.8) is 0 Å². The van der Waals surface area contributed by atoms with Gasteiger partial charge in [0, 0.05) is 0 Å². The third-order valence-electron chi connectivity index (χ3n) is 1.26. The first-order valence-corrected chi connectivity index (χ1v) is 7.51. The lowest BCUT2D eigenvalue weighted by molar-refractivity contribution is 0.259. The number of hydrogen-bond donors (Lipinski definition) is 0. The molecule has 0 spiro atoms. The van der Waals surface area contributed by atoms with Gasteiger partial charge in [-0.1, -0.05) is 34.8 Å². The van der Waals surface area contributed by atoms with E-state index in [0.29, 0.717) is 0 Å². The fourth-order valence-corrected chi connectivity index (χ4v) is 1.43. The smallest absolute Gasteiger partial charge is 0.341 e. The molecule has 0 aliphatic carbocycles. The lowest BCUT2D eigenvalue weighted by Gasteiger charge is -2.17. The van der Waals surface area contributed by atoms with Crippen LogP contribution in [0.5, 0.6) is 12.0 Å². The maximum Gasteiger partial charge on any atom is 0.341 e. The molecule has 20 heavy (non-hydrogen) atoms. The molecule has 0 atom stereocenters. The highest BCUT2D eigenvalue weighted by molar-refractivity contribution is 6.67. The first-order chi connectivity index (χ1) is 8.76. The van der Waals surface area contributed by atoms with Crippen molar-refractivity contribution in [2.45, 2.75) is 11.7 Å². The van der Waals surface area contributed by atoms with Crippen molar-refractivity contribution in [1.29, 1.82) is 0 Å². The number of halogens is 9. The van der Waals surface area contributed by atoms with Crippen molar-refractivity contribution in [1.82, 2.24) is 15.0 Å². The molecule has 5 nitrogen and oxygen atoms in total. The highest BCUT2D eigenvalue weighted by atomic mass is 35.6. The highest BCUT2D eigenvalue weighted by Crippen LogP contribution is 2.38. The van der Waals surface area contributed by atoms with Crippen LogP contribution in [0.4, 0.5) is 0 Å². The Balaban J connectivity index is 3.22. The van der Waals surface area contributed by atoms with Gasteiger partial charge in [0.25, 0.3) is 0 Å². The van der Waals surface area contributed by atoms with E-state index in [9.17, 15) is 0 Å². The van der Waals surface area contributed by atoms with Gasteiger partial charge in [0.05, 0.1) is 0 Å². The van der Waals surface area contributed by atoms with Crippen LogP contribution in [-0.4, -0.2) is 22.9 Å². The van der Waals surface area contributed by atoms with Crippen LogP contribution < -0.4 is 9.47 Å². The summed E-state index contributed by atoms with van der Waals surface area (Å²) in [4.78, 5) is 10.8. The first kappa shape index (κ1) is 19.3. The average Bonchev–Trinajstić information content (AvgIpc) is 2.09. The summed E-state index contributed by atoms with van der Waals surface area (Å²) in [6.45, 7) is 0. The fourth-order valence-electron chi connectivity index (χ4n) is 0.763. The van der Waals surface area contributed by atoms with E-state index in [1.54, 1.807) is 0 Å².